The molecule has 0 atom stereocenters. The molecule has 0 radical (unpaired) electrons. The summed E-state index contributed by atoms with van der Waals surface area (Å²) < 4.78 is 28.6. The van der Waals surface area contributed by atoms with Gasteiger partial charge >= 0.3 is 0 Å². The third-order valence-corrected chi connectivity index (χ3v) is 5.41. The minimum atomic E-state index is -0.920. The molecular weight excluding hydrogens is 348 g/mol. The van der Waals surface area contributed by atoms with Crippen LogP contribution in [0.25, 0.3) is 5.69 Å². The molecule has 0 saturated heterocycles. The lowest BCUT2D eigenvalue weighted by atomic mass is 10.1. The lowest BCUT2D eigenvalue weighted by Gasteiger charge is -2.16. The van der Waals surface area contributed by atoms with Crippen molar-refractivity contribution in [1.82, 2.24) is 9.78 Å². The molecular formula is C21H17F2N3O. The molecule has 5 rings (SSSR count). The average Bonchev–Trinajstić information content (AvgIpc) is 3.38. The highest BCUT2D eigenvalue weighted by atomic mass is 19.2. The molecule has 136 valence electrons. The molecule has 4 nitrogen and oxygen atoms in total. The maximum absolute atomic E-state index is 13.7. The number of carbonyl (C=O) groups excluding carboxylic acids is 1. The molecule has 3 aromatic rings. The van der Waals surface area contributed by atoms with Crippen molar-refractivity contribution in [2.24, 2.45) is 0 Å². The van der Waals surface area contributed by atoms with Crippen molar-refractivity contribution in [3.8, 4) is 5.69 Å². The summed E-state index contributed by atoms with van der Waals surface area (Å²) in [5, 5.41) is 4.53. The minimum absolute atomic E-state index is 0.126. The molecule has 27 heavy (non-hydrogen) atoms. The largest absolute Gasteiger partial charge is 0.306 e. The highest BCUT2D eigenvalue weighted by Gasteiger charge is 2.32. The second-order valence-corrected chi connectivity index (χ2v) is 6.97. The van der Waals surface area contributed by atoms with Gasteiger partial charge in [-0.3, -0.25) is 4.79 Å². The zero-order valence-corrected chi connectivity index (χ0v) is 14.6. The summed E-state index contributed by atoms with van der Waals surface area (Å²) in [4.78, 5) is 15.0. The van der Waals surface area contributed by atoms with Crippen molar-refractivity contribution < 1.29 is 13.6 Å². The van der Waals surface area contributed by atoms with E-state index in [9.17, 15) is 13.6 Å². The fourth-order valence-corrected chi connectivity index (χ4v) is 4.12. The van der Waals surface area contributed by atoms with Gasteiger partial charge in [-0.15, -0.1) is 0 Å². The quantitative estimate of drug-likeness (QED) is 0.692. The van der Waals surface area contributed by atoms with Crippen LogP contribution in [0.3, 0.4) is 0 Å². The summed E-state index contributed by atoms with van der Waals surface area (Å²) in [5.74, 6) is -1.94. The van der Waals surface area contributed by atoms with Crippen molar-refractivity contribution in [3.05, 3.63) is 76.6 Å². The molecule has 2 aromatic carbocycles. The van der Waals surface area contributed by atoms with Gasteiger partial charge in [0.25, 0.3) is 5.91 Å². The maximum Gasteiger partial charge on any atom is 0.279 e. The van der Waals surface area contributed by atoms with Gasteiger partial charge in [-0.25, -0.2) is 13.5 Å². The Morgan fingerprint density at radius 3 is 2.70 bits per heavy atom. The molecule has 0 spiro atoms. The Bertz CT molecular complexity index is 1070. The standard InChI is InChI=1S/C21H17F2N3O/c22-16-9-8-14(12-17(16)23)26-19-7-3-5-15(19)20(24-26)21(27)25-11-10-13-4-1-2-6-18(13)25/h1-2,4,6,8-9,12H,3,5,7,10-11H2. The number of hydrogen-bond donors (Lipinski definition) is 0. The number of anilines is 1. The number of benzene rings is 2. The van der Waals surface area contributed by atoms with E-state index in [4.69, 9.17) is 0 Å². The van der Waals surface area contributed by atoms with Gasteiger partial charge in [0.2, 0.25) is 0 Å². The number of carbonyl (C=O) groups is 1. The van der Waals surface area contributed by atoms with Crippen molar-refractivity contribution in [2.75, 3.05) is 11.4 Å². The van der Waals surface area contributed by atoms with Crippen LogP contribution in [-0.2, 0) is 19.3 Å². The number of aromatic nitrogens is 2. The molecule has 0 saturated carbocycles. The first-order valence-electron chi connectivity index (χ1n) is 9.09. The summed E-state index contributed by atoms with van der Waals surface area (Å²) in [6.07, 6.45) is 3.29. The lowest BCUT2D eigenvalue weighted by Crippen LogP contribution is -2.30. The van der Waals surface area contributed by atoms with Crippen LogP contribution < -0.4 is 4.90 Å². The SMILES string of the molecule is O=C(c1nn(-c2ccc(F)c(F)c2)c2c1CCC2)N1CCc2ccccc21. The first-order chi connectivity index (χ1) is 13.1. The number of fused-ring (bicyclic) bond motifs is 2. The summed E-state index contributed by atoms with van der Waals surface area (Å²) in [6.45, 7) is 0.630. The van der Waals surface area contributed by atoms with Crippen LogP contribution in [0.15, 0.2) is 42.5 Å². The Morgan fingerprint density at radius 1 is 1.00 bits per heavy atom. The van der Waals surface area contributed by atoms with Crippen LogP contribution >= 0.6 is 0 Å². The van der Waals surface area contributed by atoms with E-state index < -0.39 is 11.6 Å². The van der Waals surface area contributed by atoms with Crippen molar-refractivity contribution in [3.63, 3.8) is 0 Å². The van der Waals surface area contributed by atoms with Crippen LogP contribution in [0, 0.1) is 11.6 Å². The Kier molecular flexibility index (Phi) is 3.60. The third-order valence-electron chi connectivity index (χ3n) is 5.41. The predicted molar refractivity (Wildman–Crippen MR) is 97.3 cm³/mol. The van der Waals surface area contributed by atoms with Crippen LogP contribution in [0.5, 0.6) is 0 Å². The molecule has 6 heteroatoms. The monoisotopic (exact) mass is 365 g/mol. The molecule has 2 aliphatic rings. The topological polar surface area (TPSA) is 38.1 Å². The van der Waals surface area contributed by atoms with Crippen LogP contribution in [0.1, 0.15) is 33.7 Å². The Labute approximate surface area is 155 Å². The molecule has 1 aromatic heterocycles. The fraction of sp³-hybridized carbons (Fsp3) is 0.238. The van der Waals surface area contributed by atoms with Crippen LogP contribution in [0.4, 0.5) is 14.5 Å². The van der Waals surface area contributed by atoms with E-state index in [0.717, 1.165) is 60.3 Å². The average molecular weight is 365 g/mol. The van der Waals surface area contributed by atoms with E-state index >= 15 is 0 Å². The smallest absolute Gasteiger partial charge is 0.279 e. The van der Waals surface area contributed by atoms with Crippen LogP contribution in [-0.4, -0.2) is 22.2 Å². The van der Waals surface area contributed by atoms with Gasteiger partial charge in [-0.1, -0.05) is 18.2 Å². The molecule has 0 unspecified atom stereocenters. The van der Waals surface area contributed by atoms with E-state index in [-0.39, 0.29) is 5.91 Å². The van der Waals surface area contributed by atoms with E-state index in [0.29, 0.717) is 17.9 Å². The summed E-state index contributed by atoms with van der Waals surface area (Å²) in [7, 11) is 0. The van der Waals surface area contributed by atoms with E-state index in [1.165, 1.54) is 6.07 Å². The number of rotatable bonds is 2. The highest BCUT2D eigenvalue weighted by molar-refractivity contribution is 6.07. The zero-order chi connectivity index (χ0) is 18.5. The first-order valence-corrected chi connectivity index (χ1v) is 9.09. The molecule has 1 amide bonds. The normalized spacial score (nSPS) is 15.1. The number of halogens is 2. The second-order valence-electron chi connectivity index (χ2n) is 6.97. The van der Waals surface area contributed by atoms with Crippen molar-refractivity contribution >= 4 is 11.6 Å². The van der Waals surface area contributed by atoms with Gasteiger partial charge in [0.05, 0.1) is 5.69 Å². The van der Waals surface area contributed by atoms with E-state index in [1.807, 2.05) is 24.3 Å². The minimum Gasteiger partial charge on any atom is -0.306 e. The van der Waals surface area contributed by atoms with Crippen molar-refractivity contribution in [1.29, 1.82) is 0 Å². The van der Waals surface area contributed by atoms with E-state index in [1.54, 1.807) is 9.58 Å². The Hall–Kier alpha value is -3.02. The van der Waals surface area contributed by atoms with Gasteiger partial charge in [0.1, 0.15) is 0 Å². The van der Waals surface area contributed by atoms with Gasteiger partial charge < -0.3 is 4.90 Å². The Balaban J connectivity index is 1.58. The third kappa shape index (κ3) is 2.47. The van der Waals surface area contributed by atoms with Gasteiger partial charge in [-0.2, -0.15) is 5.10 Å². The molecule has 0 N–H and O–H groups in total. The summed E-state index contributed by atoms with van der Waals surface area (Å²) in [5.41, 5.74) is 4.78. The zero-order valence-electron chi connectivity index (χ0n) is 14.6. The number of amides is 1. The van der Waals surface area contributed by atoms with E-state index in [2.05, 4.69) is 5.10 Å². The molecule has 0 fully saturated rings. The number of hydrogen-bond acceptors (Lipinski definition) is 2. The lowest BCUT2D eigenvalue weighted by molar-refractivity contribution is 0.0983. The Morgan fingerprint density at radius 2 is 1.85 bits per heavy atom. The van der Waals surface area contributed by atoms with Gasteiger partial charge in [0, 0.05) is 29.6 Å². The molecule has 2 heterocycles. The summed E-state index contributed by atoms with van der Waals surface area (Å²) >= 11 is 0. The number of para-hydroxylation sites is 1. The fourth-order valence-electron chi connectivity index (χ4n) is 4.12. The molecule has 0 bridgehead atoms. The second kappa shape index (κ2) is 6.01. The maximum atomic E-state index is 13.7. The predicted octanol–water partition coefficient (Wildman–Crippen LogP) is 3.84. The van der Waals surface area contributed by atoms with Gasteiger partial charge in [0.15, 0.2) is 17.3 Å². The first kappa shape index (κ1) is 16.2. The highest BCUT2D eigenvalue weighted by Crippen LogP contribution is 2.33. The van der Waals surface area contributed by atoms with Gasteiger partial charge in [-0.05, 0) is 49.4 Å². The molecule has 1 aliphatic carbocycles. The summed E-state index contributed by atoms with van der Waals surface area (Å²) in [6, 6.07) is 11.6. The van der Waals surface area contributed by atoms with Crippen molar-refractivity contribution in [2.45, 2.75) is 25.7 Å². The van der Waals surface area contributed by atoms with Crippen LogP contribution in [0.2, 0.25) is 0 Å². The number of nitrogens with zero attached hydrogens (tertiary/aromatic N) is 3. The molecule has 1 aliphatic heterocycles.